The summed E-state index contributed by atoms with van der Waals surface area (Å²) in [5.41, 5.74) is 1.11. The SMILES string of the molecule is CC[C@H](c1ccc(C(F)(F)F)nc1)n1nc(C2CC2)c2c(=O)[nH]c(Cc3ccc(OC)cn3)nc21. The van der Waals surface area contributed by atoms with Gasteiger partial charge < -0.3 is 9.72 Å². The van der Waals surface area contributed by atoms with Gasteiger partial charge in [0.2, 0.25) is 0 Å². The molecule has 1 N–H and O–H groups in total. The van der Waals surface area contributed by atoms with Crippen LogP contribution in [-0.4, -0.2) is 36.8 Å². The number of nitrogens with one attached hydrogen (secondary N) is 1. The van der Waals surface area contributed by atoms with Gasteiger partial charge >= 0.3 is 6.18 Å². The topological polar surface area (TPSA) is 98.6 Å². The molecule has 0 saturated heterocycles. The molecule has 1 aliphatic rings. The van der Waals surface area contributed by atoms with Crippen molar-refractivity contribution in [2.24, 2.45) is 0 Å². The number of pyridine rings is 2. The second-order valence-electron chi connectivity index (χ2n) is 8.58. The third-order valence-corrected chi connectivity index (χ3v) is 6.13. The van der Waals surface area contributed by atoms with Crippen LogP contribution >= 0.6 is 0 Å². The van der Waals surface area contributed by atoms with Crippen molar-refractivity contribution in [3.63, 3.8) is 0 Å². The number of fused-ring (bicyclic) bond motifs is 1. The number of rotatable bonds is 7. The highest BCUT2D eigenvalue weighted by atomic mass is 19.4. The van der Waals surface area contributed by atoms with Gasteiger partial charge in [-0.1, -0.05) is 13.0 Å². The Labute approximate surface area is 198 Å². The molecule has 182 valence electrons. The van der Waals surface area contributed by atoms with E-state index < -0.39 is 17.9 Å². The minimum Gasteiger partial charge on any atom is -0.495 e. The first-order valence-corrected chi connectivity index (χ1v) is 11.3. The van der Waals surface area contributed by atoms with Crippen molar-refractivity contribution in [1.82, 2.24) is 29.7 Å². The van der Waals surface area contributed by atoms with Gasteiger partial charge in [-0.15, -0.1) is 0 Å². The molecule has 0 unspecified atom stereocenters. The lowest BCUT2D eigenvalue weighted by Gasteiger charge is -2.17. The molecule has 1 atom stereocenters. The van der Waals surface area contributed by atoms with E-state index >= 15 is 0 Å². The van der Waals surface area contributed by atoms with Crippen LogP contribution in [0.2, 0.25) is 0 Å². The number of nitrogens with zero attached hydrogens (tertiary/aromatic N) is 5. The Balaban J connectivity index is 1.58. The number of aromatic amines is 1. The maximum absolute atomic E-state index is 13.1. The summed E-state index contributed by atoms with van der Waals surface area (Å²) in [5.74, 6) is 1.22. The van der Waals surface area contributed by atoms with E-state index in [1.165, 1.54) is 12.3 Å². The molecular formula is C24H23F3N6O2. The van der Waals surface area contributed by atoms with Crippen LogP contribution < -0.4 is 10.3 Å². The van der Waals surface area contributed by atoms with Gasteiger partial charge in [0.15, 0.2) is 5.65 Å². The van der Waals surface area contributed by atoms with Gasteiger partial charge in [0.1, 0.15) is 22.7 Å². The number of halogens is 3. The van der Waals surface area contributed by atoms with E-state index in [1.807, 2.05) is 6.92 Å². The molecular weight excluding hydrogens is 461 g/mol. The highest BCUT2D eigenvalue weighted by Crippen LogP contribution is 2.42. The average molecular weight is 484 g/mol. The predicted octanol–water partition coefficient (Wildman–Crippen LogP) is 4.40. The standard InChI is InChI=1S/C24H23F3N6O2/c1-3-17(14-6-9-18(29-11-14)24(25,26)27)33-22-20(21(32-33)13-4-5-13)23(34)31-19(30-22)10-15-7-8-16(35-2)12-28-15/h6-9,11-13,17H,3-5,10H2,1-2H3,(H,30,31,34)/t17-/m1/s1. The Morgan fingerprint density at radius 3 is 2.54 bits per heavy atom. The molecule has 0 bridgehead atoms. The largest absolute Gasteiger partial charge is 0.495 e. The maximum atomic E-state index is 13.1. The lowest BCUT2D eigenvalue weighted by Crippen LogP contribution is -2.17. The molecule has 35 heavy (non-hydrogen) atoms. The van der Waals surface area contributed by atoms with Crippen LogP contribution in [0.4, 0.5) is 13.2 Å². The summed E-state index contributed by atoms with van der Waals surface area (Å²) < 4.78 is 45.8. The molecule has 1 fully saturated rings. The average Bonchev–Trinajstić information content (AvgIpc) is 3.61. The molecule has 0 spiro atoms. The molecule has 1 aliphatic carbocycles. The quantitative estimate of drug-likeness (QED) is 0.417. The summed E-state index contributed by atoms with van der Waals surface area (Å²) in [4.78, 5) is 28.7. The zero-order valence-corrected chi connectivity index (χ0v) is 19.1. The van der Waals surface area contributed by atoms with Crippen LogP contribution in [0.3, 0.4) is 0 Å². The Morgan fingerprint density at radius 1 is 1.17 bits per heavy atom. The summed E-state index contributed by atoms with van der Waals surface area (Å²) in [6.07, 6.45) is 0.971. The van der Waals surface area contributed by atoms with Gasteiger partial charge in [0.05, 0.1) is 25.0 Å². The van der Waals surface area contributed by atoms with Crippen LogP contribution in [0.5, 0.6) is 5.75 Å². The molecule has 11 heteroatoms. The van der Waals surface area contributed by atoms with Crippen molar-refractivity contribution in [1.29, 1.82) is 0 Å². The van der Waals surface area contributed by atoms with E-state index in [4.69, 9.17) is 14.8 Å². The van der Waals surface area contributed by atoms with Crippen molar-refractivity contribution in [2.75, 3.05) is 7.11 Å². The Kier molecular flexibility index (Phi) is 5.78. The van der Waals surface area contributed by atoms with Crippen LogP contribution in [0.15, 0.2) is 41.5 Å². The third kappa shape index (κ3) is 4.50. The van der Waals surface area contributed by atoms with Gasteiger partial charge in [0.25, 0.3) is 5.56 Å². The van der Waals surface area contributed by atoms with E-state index in [0.29, 0.717) is 46.0 Å². The number of H-pyrrole nitrogens is 1. The summed E-state index contributed by atoms with van der Waals surface area (Å²) in [7, 11) is 1.55. The molecule has 5 rings (SSSR count). The second kappa shape index (κ2) is 8.79. The smallest absolute Gasteiger partial charge is 0.433 e. The van der Waals surface area contributed by atoms with Crippen LogP contribution in [0, 0.1) is 0 Å². The van der Waals surface area contributed by atoms with Gasteiger partial charge in [0, 0.05) is 24.2 Å². The molecule has 4 aromatic rings. The molecule has 1 saturated carbocycles. The van der Waals surface area contributed by atoms with Crippen LogP contribution in [0.1, 0.15) is 66.6 Å². The monoisotopic (exact) mass is 484 g/mol. The van der Waals surface area contributed by atoms with E-state index in [9.17, 15) is 18.0 Å². The number of methoxy groups -OCH3 is 1. The minimum absolute atomic E-state index is 0.180. The fourth-order valence-corrected chi connectivity index (χ4v) is 4.19. The van der Waals surface area contributed by atoms with Gasteiger partial charge in [-0.25, -0.2) is 9.67 Å². The zero-order valence-electron chi connectivity index (χ0n) is 19.1. The van der Waals surface area contributed by atoms with Crippen molar-refractivity contribution in [2.45, 2.75) is 50.7 Å². The van der Waals surface area contributed by atoms with Crippen LogP contribution in [-0.2, 0) is 12.6 Å². The highest BCUT2D eigenvalue weighted by molar-refractivity contribution is 5.78. The van der Waals surface area contributed by atoms with E-state index in [0.717, 1.165) is 18.9 Å². The lowest BCUT2D eigenvalue weighted by molar-refractivity contribution is -0.141. The summed E-state index contributed by atoms with van der Waals surface area (Å²) in [6.45, 7) is 1.90. The summed E-state index contributed by atoms with van der Waals surface area (Å²) >= 11 is 0. The van der Waals surface area contributed by atoms with E-state index in [-0.39, 0.29) is 17.9 Å². The van der Waals surface area contributed by atoms with E-state index in [1.54, 1.807) is 30.1 Å². The van der Waals surface area contributed by atoms with E-state index in [2.05, 4.69) is 15.0 Å². The van der Waals surface area contributed by atoms with Crippen LogP contribution in [0.25, 0.3) is 11.0 Å². The highest BCUT2D eigenvalue weighted by Gasteiger charge is 2.34. The molecule has 0 aliphatic heterocycles. The fraction of sp³-hybridized carbons (Fsp3) is 0.375. The maximum Gasteiger partial charge on any atom is 0.433 e. The van der Waals surface area contributed by atoms with Crippen molar-refractivity contribution >= 4 is 11.0 Å². The van der Waals surface area contributed by atoms with Gasteiger partial charge in [-0.3, -0.25) is 14.8 Å². The first kappa shape index (κ1) is 23.0. The minimum atomic E-state index is -4.52. The van der Waals surface area contributed by atoms with Crippen molar-refractivity contribution in [3.05, 3.63) is 75.5 Å². The first-order valence-electron chi connectivity index (χ1n) is 11.3. The predicted molar refractivity (Wildman–Crippen MR) is 121 cm³/mol. The normalized spacial score (nSPS) is 14.9. The molecule has 8 nitrogen and oxygen atoms in total. The fourth-order valence-electron chi connectivity index (χ4n) is 4.19. The molecule has 4 heterocycles. The molecule has 0 aromatic carbocycles. The number of aromatic nitrogens is 6. The third-order valence-electron chi connectivity index (χ3n) is 6.13. The first-order chi connectivity index (χ1) is 16.8. The Bertz CT molecular complexity index is 1410. The second-order valence-corrected chi connectivity index (χ2v) is 8.58. The molecule has 0 amide bonds. The number of hydrogen-bond acceptors (Lipinski definition) is 6. The molecule has 4 aromatic heterocycles. The lowest BCUT2D eigenvalue weighted by atomic mass is 10.1. The Morgan fingerprint density at radius 2 is 1.97 bits per heavy atom. The van der Waals surface area contributed by atoms with Crippen molar-refractivity contribution in [3.8, 4) is 5.75 Å². The summed E-state index contributed by atoms with van der Waals surface area (Å²) in [6, 6.07) is 5.51. The zero-order chi connectivity index (χ0) is 24.7. The summed E-state index contributed by atoms with van der Waals surface area (Å²) in [5, 5.41) is 5.18. The van der Waals surface area contributed by atoms with Crippen molar-refractivity contribution < 1.29 is 17.9 Å². The van der Waals surface area contributed by atoms with Gasteiger partial charge in [-0.05, 0) is 43.0 Å². The van der Waals surface area contributed by atoms with Gasteiger partial charge in [-0.2, -0.15) is 18.3 Å². The number of alkyl halides is 3. The number of ether oxygens (including phenoxy) is 1. The molecule has 0 radical (unpaired) electrons. The number of hydrogen-bond donors (Lipinski definition) is 1. The Hall–Kier alpha value is -3.76.